The number of carbonyl (C=O) groups is 2. The summed E-state index contributed by atoms with van der Waals surface area (Å²) in [4.78, 5) is 23.8. The van der Waals surface area contributed by atoms with E-state index in [1.807, 2.05) is 0 Å². The molecule has 6 unspecified atom stereocenters. The van der Waals surface area contributed by atoms with Gasteiger partial charge in [0, 0.05) is 18.0 Å². The Bertz CT molecular complexity index is 416. The second-order valence-corrected chi connectivity index (χ2v) is 6.91. The summed E-state index contributed by atoms with van der Waals surface area (Å²) in [6.45, 7) is 0. The third kappa shape index (κ3) is 3.19. The third-order valence-corrected chi connectivity index (χ3v) is 5.71. The summed E-state index contributed by atoms with van der Waals surface area (Å²) < 4.78 is 0. The first kappa shape index (κ1) is 16.6. The van der Waals surface area contributed by atoms with E-state index in [0.29, 0.717) is 18.3 Å². The van der Waals surface area contributed by atoms with Crippen LogP contribution >= 0.6 is 12.4 Å². The van der Waals surface area contributed by atoms with Gasteiger partial charge in [-0.1, -0.05) is 6.42 Å². The number of hydrogen-bond donors (Lipinski definition) is 3. The van der Waals surface area contributed by atoms with Gasteiger partial charge in [0.2, 0.25) is 11.8 Å². The van der Waals surface area contributed by atoms with Crippen LogP contribution in [0.1, 0.15) is 44.9 Å². The Morgan fingerprint density at radius 3 is 2.33 bits per heavy atom. The van der Waals surface area contributed by atoms with Crippen molar-refractivity contribution in [1.29, 1.82) is 0 Å². The van der Waals surface area contributed by atoms with Gasteiger partial charge in [-0.3, -0.25) is 9.59 Å². The van der Waals surface area contributed by atoms with Crippen molar-refractivity contribution in [2.75, 3.05) is 0 Å². The number of amides is 2. The van der Waals surface area contributed by atoms with E-state index in [2.05, 4.69) is 5.32 Å². The van der Waals surface area contributed by atoms with Crippen LogP contribution in [0.15, 0.2) is 0 Å². The van der Waals surface area contributed by atoms with Gasteiger partial charge < -0.3 is 16.8 Å². The Labute approximate surface area is 132 Å². The highest BCUT2D eigenvalue weighted by atomic mass is 35.5. The molecule has 0 aliphatic heterocycles. The van der Waals surface area contributed by atoms with Gasteiger partial charge in [-0.2, -0.15) is 0 Å². The molecule has 0 aromatic carbocycles. The molecule has 21 heavy (non-hydrogen) atoms. The summed E-state index contributed by atoms with van der Waals surface area (Å²) in [6, 6.07) is 0.129. The minimum Gasteiger partial charge on any atom is -0.369 e. The van der Waals surface area contributed by atoms with Crippen LogP contribution in [0.3, 0.4) is 0 Å². The molecule has 2 bridgehead atoms. The Morgan fingerprint density at radius 2 is 1.71 bits per heavy atom. The second-order valence-electron chi connectivity index (χ2n) is 6.91. The van der Waals surface area contributed by atoms with Gasteiger partial charge in [0.15, 0.2) is 0 Å². The van der Waals surface area contributed by atoms with Crippen LogP contribution in [0.2, 0.25) is 0 Å². The highest BCUT2D eigenvalue weighted by molar-refractivity contribution is 5.85. The highest BCUT2D eigenvalue weighted by Crippen LogP contribution is 2.47. The number of carbonyl (C=O) groups excluding carboxylic acids is 2. The predicted octanol–water partition coefficient (Wildman–Crippen LogP) is 0.942. The molecule has 0 radical (unpaired) electrons. The third-order valence-electron chi connectivity index (χ3n) is 5.71. The van der Waals surface area contributed by atoms with E-state index in [-0.39, 0.29) is 48.1 Å². The second kappa shape index (κ2) is 6.53. The monoisotopic (exact) mass is 315 g/mol. The van der Waals surface area contributed by atoms with Crippen molar-refractivity contribution in [2.24, 2.45) is 35.1 Å². The number of nitrogens with two attached hydrogens (primary N) is 2. The molecule has 0 spiro atoms. The zero-order valence-corrected chi connectivity index (χ0v) is 13.1. The minimum absolute atomic E-state index is 0. The van der Waals surface area contributed by atoms with Crippen LogP contribution in [-0.2, 0) is 9.59 Å². The minimum atomic E-state index is -0.236. The topological polar surface area (TPSA) is 98.2 Å². The fourth-order valence-corrected chi connectivity index (χ4v) is 4.60. The Hall–Kier alpha value is -0.810. The van der Waals surface area contributed by atoms with Crippen LogP contribution in [0.4, 0.5) is 0 Å². The van der Waals surface area contributed by atoms with Crippen LogP contribution in [-0.4, -0.2) is 23.9 Å². The molecule has 0 aromatic rings. The fraction of sp³-hybridized carbons (Fsp3) is 0.867. The normalized spacial score (nSPS) is 41.4. The molecule has 0 heterocycles. The largest absolute Gasteiger partial charge is 0.369 e. The molecule has 5 nitrogen and oxygen atoms in total. The van der Waals surface area contributed by atoms with Crippen LogP contribution in [0.5, 0.6) is 0 Å². The molecule has 0 aromatic heterocycles. The maximum atomic E-state index is 12.5. The SMILES string of the molecule is Cl.NC(=O)C1CCCC(NC(=O)C2C3CCC(C3)C2N)C1. The molecule has 120 valence electrons. The van der Waals surface area contributed by atoms with Gasteiger partial charge >= 0.3 is 0 Å². The highest BCUT2D eigenvalue weighted by Gasteiger charge is 2.49. The molecule has 2 amide bonds. The lowest BCUT2D eigenvalue weighted by Crippen LogP contribution is -2.49. The average Bonchev–Trinajstić information content (AvgIpc) is 2.99. The molecule has 5 N–H and O–H groups in total. The average molecular weight is 316 g/mol. The fourth-order valence-electron chi connectivity index (χ4n) is 4.60. The van der Waals surface area contributed by atoms with Crippen LogP contribution < -0.4 is 16.8 Å². The van der Waals surface area contributed by atoms with Gasteiger partial charge in [0.1, 0.15) is 0 Å². The summed E-state index contributed by atoms with van der Waals surface area (Å²) in [7, 11) is 0. The summed E-state index contributed by atoms with van der Waals surface area (Å²) in [5, 5.41) is 3.13. The van der Waals surface area contributed by atoms with E-state index in [4.69, 9.17) is 11.5 Å². The summed E-state index contributed by atoms with van der Waals surface area (Å²) in [5.41, 5.74) is 11.6. The zero-order chi connectivity index (χ0) is 14.3. The lowest BCUT2D eigenvalue weighted by atomic mass is 9.82. The maximum Gasteiger partial charge on any atom is 0.225 e. The van der Waals surface area contributed by atoms with Gasteiger partial charge in [-0.05, 0) is 50.4 Å². The van der Waals surface area contributed by atoms with Crippen molar-refractivity contribution in [3.8, 4) is 0 Å². The first-order valence-electron chi connectivity index (χ1n) is 7.91. The van der Waals surface area contributed by atoms with E-state index < -0.39 is 0 Å². The molecule has 3 aliphatic rings. The lowest BCUT2D eigenvalue weighted by Gasteiger charge is -2.32. The smallest absolute Gasteiger partial charge is 0.225 e. The number of halogens is 1. The number of nitrogens with one attached hydrogen (secondary N) is 1. The molecule has 0 saturated heterocycles. The maximum absolute atomic E-state index is 12.5. The van der Waals surface area contributed by atoms with Gasteiger partial charge in [-0.15, -0.1) is 12.4 Å². The Kier molecular flexibility index (Phi) is 5.15. The molecule has 3 rings (SSSR count). The summed E-state index contributed by atoms with van der Waals surface area (Å²) in [5.74, 6) is 0.803. The zero-order valence-electron chi connectivity index (χ0n) is 12.3. The standard InChI is InChI=1S/C15H25N3O2.ClH/c16-13-9-5-4-8(6-9)12(13)15(20)18-11-3-1-2-10(7-11)14(17)19;/h8-13H,1-7,16H2,(H2,17,19)(H,18,20);1H. The number of rotatable bonds is 3. The van der Waals surface area contributed by atoms with Crippen molar-refractivity contribution in [2.45, 2.75) is 57.0 Å². The Balaban J connectivity index is 0.00000161. The molecular formula is C15H26ClN3O2. The molecular weight excluding hydrogens is 290 g/mol. The van der Waals surface area contributed by atoms with E-state index in [0.717, 1.165) is 32.1 Å². The number of fused-ring (bicyclic) bond motifs is 2. The molecule has 3 fully saturated rings. The van der Waals surface area contributed by atoms with Gasteiger partial charge in [-0.25, -0.2) is 0 Å². The number of hydrogen-bond acceptors (Lipinski definition) is 3. The molecule has 3 aliphatic carbocycles. The van der Waals surface area contributed by atoms with E-state index in [1.54, 1.807) is 0 Å². The van der Waals surface area contributed by atoms with Crippen molar-refractivity contribution in [3.63, 3.8) is 0 Å². The van der Waals surface area contributed by atoms with Gasteiger partial charge in [0.25, 0.3) is 0 Å². The quantitative estimate of drug-likeness (QED) is 0.723. The lowest BCUT2D eigenvalue weighted by molar-refractivity contribution is -0.129. The van der Waals surface area contributed by atoms with Crippen molar-refractivity contribution >= 4 is 24.2 Å². The predicted molar refractivity (Wildman–Crippen MR) is 82.6 cm³/mol. The van der Waals surface area contributed by atoms with Gasteiger partial charge in [0.05, 0.1) is 5.92 Å². The summed E-state index contributed by atoms with van der Waals surface area (Å²) in [6.07, 6.45) is 6.90. The van der Waals surface area contributed by atoms with Crippen LogP contribution in [0.25, 0.3) is 0 Å². The first-order valence-corrected chi connectivity index (χ1v) is 7.91. The summed E-state index contributed by atoms with van der Waals surface area (Å²) >= 11 is 0. The van der Waals surface area contributed by atoms with E-state index in [1.165, 1.54) is 6.42 Å². The van der Waals surface area contributed by atoms with Crippen LogP contribution in [0, 0.1) is 23.7 Å². The molecule has 3 saturated carbocycles. The van der Waals surface area contributed by atoms with Crippen molar-refractivity contribution in [1.82, 2.24) is 5.32 Å². The molecule has 6 atom stereocenters. The van der Waals surface area contributed by atoms with Crippen molar-refractivity contribution < 1.29 is 9.59 Å². The van der Waals surface area contributed by atoms with E-state index >= 15 is 0 Å². The van der Waals surface area contributed by atoms with E-state index in [9.17, 15) is 9.59 Å². The number of primary amides is 1. The first-order chi connectivity index (χ1) is 9.56. The molecule has 6 heteroatoms. The van der Waals surface area contributed by atoms with Crippen molar-refractivity contribution in [3.05, 3.63) is 0 Å². The Morgan fingerprint density at radius 1 is 1.00 bits per heavy atom.